The van der Waals surface area contributed by atoms with Gasteiger partial charge in [0.1, 0.15) is 25.4 Å². The van der Waals surface area contributed by atoms with Crippen LogP contribution in [0, 0.1) is 0 Å². The molecule has 107 heavy (non-hydrogen) atoms. The van der Waals surface area contributed by atoms with Gasteiger partial charge in [-0.15, -0.1) is 0 Å². The summed E-state index contributed by atoms with van der Waals surface area (Å²) in [4.78, 5) is 58.8. The number of esters is 3. The van der Waals surface area contributed by atoms with E-state index < -0.39 is 91.5 Å². The van der Waals surface area contributed by atoms with Crippen molar-refractivity contribution >= 4 is 33.6 Å². The van der Waals surface area contributed by atoms with E-state index in [1.165, 1.54) is 128 Å². The molecule has 5 atom stereocenters. The summed E-state index contributed by atoms with van der Waals surface area (Å²) in [5, 5.41) is 20.7. The Balaban J connectivity index is 4.51. The number of ether oxygens (including phenoxy) is 3. The average Bonchev–Trinajstić information content (AvgIpc) is 0.906. The van der Waals surface area contributed by atoms with Gasteiger partial charge in [0.2, 0.25) is 0 Å². The number of carbonyl (C=O) groups excluding carboxylic acids is 3. The van der Waals surface area contributed by atoms with Crippen molar-refractivity contribution in [3.8, 4) is 0 Å². The molecule has 0 rings (SSSR count). The number of phosphoric ester groups is 2. The standard InChI is InChI=1S/C89H152O16P2/c1-4-7-10-13-16-19-22-25-28-30-32-34-36-38-39-40-41-42-43-45-47-48-50-52-55-57-60-63-66-69-72-75-87(92)99-78-84(90)79-101-106(95,96)102-80-85(91)81-103-107(97,98)104-83-86(105-89(94)77-74-71-68-65-62-59-54-27-24-21-18-15-12-9-6-3)82-100-88(93)76-73-70-67-64-61-58-56-53-51-49-46-44-37-35-33-31-29-26-23-20-17-14-11-8-5-2/h7,9-10,12,16-21,25-29,32-35,38-39,44,46,54,84-86,90-91H,4-6,8,11,13-15,22-24,30-31,36-37,40-43,45,47-53,55-83H2,1-3H3,(H,95,96)(H,97,98)/b10-7-,12-9-,19-16-,20-17-,21-18-,28-25-,29-26-,34-32-,35-33-,39-38-,46-44-,54-27-. The number of aliphatic hydroxyl groups is 2. The molecule has 0 aliphatic rings. The van der Waals surface area contributed by atoms with Gasteiger partial charge in [-0.25, -0.2) is 9.13 Å². The smallest absolute Gasteiger partial charge is 0.463 e. The molecule has 0 aliphatic carbocycles. The molecule has 614 valence electrons. The Bertz CT molecular complexity index is 2530. The van der Waals surface area contributed by atoms with Gasteiger partial charge in [0.05, 0.1) is 26.4 Å². The molecule has 0 aromatic heterocycles. The maximum Gasteiger partial charge on any atom is 0.472 e. The fourth-order valence-electron chi connectivity index (χ4n) is 11.2. The molecule has 0 bridgehead atoms. The topological polar surface area (TPSA) is 231 Å². The van der Waals surface area contributed by atoms with Crippen LogP contribution in [0.15, 0.2) is 146 Å². The SMILES string of the molecule is CC/C=C\C/C=C\C/C=C\C/C=C\C/C=C\CCCCCCCCCCCCCCCCCC(=O)OCC(O)COP(=O)(O)OCC(O)COP(=O)(O)OCC(COC(=O)CCCCCCCCCCC/C=C\C/C=C\C/C=C\C/C=C\CCCCC)OC(=O)CCCCCCC/C=C\C/C=C\C/C=C\CC. The van der Waals surface area contributed by atoms with Crippen LogP contribution in [-0.2, 0) is 55.8 Å². The van der Waals surface area contributed by atoms with Crippen LogP contribution in [0.1, 0.15) is 342 Å². The van der Waals surface area contributed by atoms with E-state index in [1.54, 1.807) is 0 Å². The van der Waals surface area contributed by atoms with Crippen molar-refractivity contribution in [1.82, 2.24) is 0 Å². The number of hydrogen-bond acceptors (Lipinski definition) is 14. The van der Waals surface area contributed by atoms with Crippen molar-refractivity contribution in [2.75, 3.05) is 39.6 Å². The lowest BCUT2D eigenvalue weighted by Gasteiger charge is -2.21. The van der Waals surface area contributed by atoms with E-state index in [0.717, 1.165) is 154 Å². The molecule has 4 N–H and O–H groups in total. The third kappa shape index (κ3) is 82.2. The molecule has 16 nitrogen and oxygen atoms in total. The second-order valence-corrected chi connectivity index (χ2v) is 30.8. The summed E-state index contributed by atoms with van der Waals surface area (Å²) in [6, 6.07) is 0. The molecule has 0 fully saturated rings. The summed E-state index contributed by atoms with van der Waals surface area (Å²) in [6.45, 7) is 2.42. The molecule has 0 saturated carbocycles. The third-order valence-corrected chi connectivity index (χ3v) is 19.4. The van der Waals surface area contributed by atoms with E-state index >= 15 is 0 Å². The molecule has 0 amide bonds. The number of unbranched alkanes of at least 4 members (excludes halogenated alkanes) is 32. The fraction of sp³-hybridized carbons (Fsp3) is 0.697. The average molecular weight is 1540 g/mol. The van der Waals surface area contributed by atoms with Crippen molar-refractivity contribution in [1.29, 1.82) is 0 Å². The quantitative estimate of drug-likeness (QED) is 0.0146. The van der Waals surface area contributed by atoms with Gasteiger partial charge in [-0.3, -0.25) is 32.5 Å². The Kier molecular flexibility index (Phi) is 77.5. The molecule has 5 unspecified atom stereocenters. The molecule has 0 saturated heterocycles. The molecular weight excluding hydrogens is 1390 g/mol. The number of carbonyl (C=O) groups is 3. The summed E-state index contributed by atoms with van der Waals surface area (Å²) in [5.74, 6) is -1.60. The van der Waals surface area contributed by atoms with E-state index in [-0.39, 0.29) is 19.3 Å². The lowest BCUT2D eigenvalue weighted by molar-refractivity contribution is -0.161. The minimum atomic E-state index is -4.94. The molecule has 0 aromatic carbocycles. The van der Waals surface area contributed by atoms with Crippen LogP contribution in [0.25, 0.3) is 0 Å². The highest BCUT2D eigenvalue weighted by atomic mass is 31.2. The third-order valence-electron chi connectivity index (χ3n) is 17.5. The van der Waals surface area contributed by atoms with E-state index in [1.807, 2.05) is 0 Å². The van der Waals surface area contributed by atoms with Crippen molar-refractivity contribution < 1.29 is 75.8 Å². The molecule has 0 radical (unpaired) electrons. The normalized spacial score (nSPS) is 14.6. The number of allylic oxidation sites excluding steroid dienone is 24. The predicted octanol–water partition coefficient (Wildman–Crippen LogP) is 25.2. The van der Waals surface area contributed by atoms with E-state index in [4.69, 9.17) is 32.3 Å². The number of phosphoric acid groups is 2. The van der Waals surface area contributed by atoms with Gasteiger partial charge in [0.25, 0.3) is 0 Å². The number of rotatable bonds is 79. The summed E-state index contributed by atoms with van der Waals surface area (Å²) in [6.07, 6.45) is 100. The van der Waals surface area contributed by atoms with Gasteiger partial charge in [0.15, 0.2) is 6.10 Å². The van der Waals surface area contributed by atoms with Crippen LogP contribution in [0.3, 0.4) is 0 Å². The lowest BCUT2D eigenvalue weighted by atomic mass is 10.0. The minimum absolute atomic E-state index is 0.0810. The Morgan fingerprint density at radius 1 is 0.271 bits per heavy atom. The highest BCUT2D eigenvalue weighted by molar-refractivity contribution is 7.47. The van der Waals surface area contributed by atoms with Crippen LogP contribution in [0.2, 0.25) is 0 Å². The zero-order valence-electron chi connectivity index (χ0n) is 67.3. The monoisotopic (exact) mass is 1540 g/mol. The zero-order chi connectivity index (χ0) is 78.0. The fourth-order valence-corrected chi connectivity index (χ4v) is 12.8. The first-order valence-electron chi connectivity index (χ1n) is 42.1. The summed E-state index contributed by atoms with van der Waals surface area (Å²) in [5.41, 5.74) is 0. The largest absolute Gasteiger partial charge is 0.472 e. The van der Waals surface area contributed by atoms with Crippen LogP contribution in [0.4, 0.5) is 0 Å². The molecule has 0 heterocycles. The number of hydrogen-bond donors (Lipinski definition) is 4. The maximum absolute atomic E-state index is 13.0. The van der Waals surface area contributed by atoms with Crippen molar-refractivity contribution in [3.63, 3.8) is 0 Å². The maximum atomic E-state index is 13.0. The predicted molar refractivity (Wildman–Crippen MR) is 445 cm³/mol. The van der Waals surface area contributed by atoms with Gasteiger partial charge in [-0.1, -0.05) is 327 Å². The Labute approximate surface area is 651 Å². The molecular formula is C89H152O16P2. The van der Waals surface area contributed by atoms with Crippen LogP contribution >= 0.6 is 15.6 Å². The van der Waals surface area contributed by atoms with Crippen molar-refractivity contribution in [2.24, 2.45) is 0 Å². The minimum Gasteiger partial charge on any atom is -0.463 e. The number of aliphatic hydroxyl groups excluding tert-OH is 2. The van der Waals surface area contributed by atoms with Gasteiger partial charge in [-0.05, 0) is 141 Å². The van der Waals surface area contributed by atoms with Crippen molar-refractivity contribution in [2.45, 2.75) is 360 Å². The molecule has 0 aliphatic heterocycles. The van der Waals surface area contributed by atoms with Crippen LogP contribution in [-0.4, -0.2) is 95.9 Å². The summed E-state index contributed by atoms with van der Waals surface area (Å²) >= 11 is 0. The Hall–Kier alpha value is -4.57. The van der Waals surface area contributed by atoms with E-state index in [9.17, 15) is 43.5 Å². The van der Waals surface area contributed by atoms with Gasteiger partial charge < -0.3 is 34.2 Å². The van der Waals surface area contributed by atoms with E-state index in [2.05, 4.69) is 167 Å². The zero-order valence-corrected chi connectivity index (χ0v) is 69.1. The lowest BCUT2D eigenvalue weighted by Crippen LogP contribution is -2.30. The van der Waals surface area contributed by atoms with Crippen LogP contribution < -0.4 is 0 Å². The second kappa shape index (κ2) is 80.9. The van der Waals surface area contributed by atoms with Crippen LogP contribution in [0.5, 0.6) is 0 Å². The summed E-state index contributed by atoms with van der Waals surface area (Å²) in [7, 11) is -9.80. The van der Waals surface area contributed by atoms with Gasteiger partial charge in [0, 0.05) is 19.3 Å². The van der Waals surface area contributed by atoms with Gasteiger partial charge >= 0.3 is 33.6 Å². The first kappa shape index (κ1) is 102. The highest BCUT2D eigenvalue weighted by Gasteiger charge is 2.29. The van der Waals surface area contributed by atoms with E-state index in [0.29, 0.717) is 19.3 Å². The second-order valence-electron chi connectivity index (χ2n) is 27.9. The molecule has 18 heteroatoms. The summed E-state index contributed by atoms with van der Waals surface area (Å²) < 4.78 is 61.2. The highest BCUT2D eigenvalue weighted by Crippen LogP contribution is 2.45. The first-order valence-corrected chi connectivity index (χ1v) is 45.1. The molecule has 0 spiro atoms. The Morgan fingerprint density at radius 3 is 0.785 bits per heavy atom. The van der Waals surface area contributed by atoms with Gasteiger partial charge in [-0.2, -0.15) is 0 Å². The first-order chi connectivity index (χ1) is 52.2. The Morgan fingerprint density at radius 2 is 0.495 bits per heavy atom. The molecule has 0 aromatic rings. The van der Waals surface area contributed by atoms with Crippen molar-refractivity contribution in [3.05, 3.63) is 146 Å².